The number of carbonyl (C=O) groups is 2. The standard InChI is InChI=1S/C22H23N5O2/c1-15-4-2-3-5-18(15)24-21(28)17-8-12-27(13-9-17)22(29)20-14-19(25-26-20)16-6-10-23-11-7-16/h2-7,10-11,14,17H,8-9,12-13H2,1H3,(H,24,28)(H,25,26). The molecule has 0 spiro atoms. The predicted molar refractivity (Wildman–Crippen MR) is 110 cm³/mol. The molecule has 3 aromatic rings. The van der Waals surface area contributed by atoms with Gasteiger partial charge in [-0.05, 0) is 49.6 Å². The minimum atomic E-state index is -0.0900. The van der Waals surface area contributed by atoms with Crippen molar-refractivity contribution >= 4 is 17.5 Å². The monoisotopic (exact) mass is 389 g/mol. The Morgan fingerprint density at radius 2 is 1.83 bits per heavy atom. The van der Waals surface area contributed by atoms with Crippen LogP contribution in [0, 0.1) is 12.8 Å². The molecule has 1 aliphatic heterocycles. The Labute approximate surface area is 169 Å². The van der Waals surface area contributed by atoms with Crippen LogP contribution in [0.3, 0.4) is 0 Å². The highest BCUT2D eigenvalue weighted by molar-refractivity contribution is 5.95. The molecule has 0 aliphatic carbocycles. The summed E-state index contributed by atoms with van der Waals surface area (Å²) < 4.78 is 0. The molecular formula is C22H23N5O2. The van der Waals surface area contributed by atoms with Crippen molar-refractivity contribution in [3.8, 4) is 11.3 Å². The minimum absolute atomic E-state index is 0.0212. The molecule has 7 heteroatoms. The van der Waals surface area contributed by atoms with Crippen molar-refractivity contribution in [2.75, 3.05) is 18.4 Å². The van der Waals surface area contributed by atoms with Gasteiger partial charge >= 0.3 is 0 Å². The fraction of sp³-hybridized carbons (Fsp3) is 0.273. The van der Waals surface area contributed by atoms with E-state index in [1.54, 1.807) is 23.4 Å². The third kappa shape index (κ3) is 4.18. The maximum atomic E-state index is 12.8. The first kappa shape index (κ1) is 18.9. The summed E-state index contributed by atoms with van der Waals surface area (Å²) in [6.07, 6.45) is 4.68. The van der Waals surface area contributed by atoms with Crippen LogP contribution in [0.4, 0.5) is 5.69 Å². The van der Waals surface area contributed by atoms with Gasteiger partial charge in [0.15, 0.2) is 0 Å². The normalized spacial score (nSPS) is 14.6. The lowest BCUT2D eigenvalue weighted by Gasteiger charge is -2.31. The van der Waals surface area contributed by atoms with Crippen molar-refractivity contribution in [1.29, 1.82) is 0 Å². The molecule has 0 bridgehead atoms. The Kier molecular flexibility index (Phi) is 5.37. The quantitative estimate of drug-likeness (QED) is 0.716. The highest BCUT2D eigenvalue weighted by Gasteiger charge is 2.28. The summed E-state index contributed by atoms with van der Waals surface area (Å²) in [5.74, 6) is -0.156. The zero-order valence-electron chi connectivity index (χ0n) is 16.3. The summed E-state index contributed by atoms with van der Waals surface area (Å²) in [4.78, 5) is 31.2. The molecular weight excluding hydrogens is 366 g/mol. The second kappa shape index (κ2) is 8.26. The van der Waals surface area contributed by atoms with E-state index in [1.165, 1.54) is 0 Å². The lowest BCUT2D eigenvalue weighted by molar-refractivity contribution is -0.121. The number of hydrogen-bond donors (Lipinski definition) is 2. The third-order valence-electron chi connectivity index (χ3n) is 5.34. The minimum Gasteiger partial charge on any atom is -0.337 e. The lowest BCUT2D eigenvalue weighted by atomic mass is 9.95. The summed E-state index contributed by atoms with van der Waals surface area (Å²) in [6, 6.07) is 13.2. The Morgan fingerprint density at radius 1 is 1.10 bits per heavy atom. The molecule has 148 valence electrons. The summed E-state index contributed by atoms with van der Waals surface area (Å²) in [7, 11) is 0. The highest BCUT2D eigenvalue weighted by atomic mass is 16.2. The Hall–Kier alpha value is -3.48. The second-order valence-corrected chi connectivity index (χ2v) is 7.27. The van der Waals surface area contributed by atoms with E-state index in [4.69, 9.17) is 0 Å². The number of amides is 2. The van der Waals surface area contributed by atoms with Crippen molar-refractivity contribution in [1.82, 2.24) is 20.1 Å². The van der Waals surface area contributed by atoms with Crippen LogP contribution in [0.25, 0.3) is 11.3 Å². The van der Waals surface area contributed by atoms with Crippen LogP contribution in [0.1, 0.15) is 28.9 Å². The van der Waals surface area contributed by atoms with Gasteiger partial charge in [0, 0.05) is 42.7 Å². The first-order chi connectivity index (χ1) is 14.1. The van der Waals surface area contributed by atoms with Gasteiger partial charge < -0.3 is 10.2 Å². The molecule has 0 unspecified atom stereocenters. The van der Waals surface area contributed by atoms with Gasteiger partial charge in [0.05, 0.1) is 5.69 Å². The number of H-pyrrole nitrogens is 1. The predicted octanol–water partition coefficient (Wildman–Crippen LogP) is 3.27. The molecule has 4 rings (SSSR count). The van der Waals surface area contributed by atoms with Gasteiger partial charge in [-0.2, -0.15) is 5.10 Å². The van der Waals surface area contributed by atoms with Gasteiger partial charge in [-0.1, -0.05) is 18.2 Å². The van der Waals surface area contributed by atoms with Crippen molar-refractivity contribution in [2.45, 2.75) is 19.8 Å². The second-order valence-electron chi connectivity index (χ2n) is 7.27. The summed E-state index contributed by atoms with van der Waals surface area (Å²) in [5.41, 5.74) is 3.96. The molecule has 29 heavy (non-hydrogen) atoms. The molecule has 0 saturated carbocycles. The summed E-state index contributed by atoms with van der Waals surface area (Å²) in [6.45, 7) is 3.07. The maximum absolute atomic E-state index is 12.8. The van der Waals surface area contributed by atoms with Crippen molar-refractivity contribution in [3.05, 3.63) is 66.1 Å². The molecule has 1 aromatic carbocycles. The van der Waals surface area contributed by atoms with Gasteiger partial charge in [0.1, 0.15) is 5.69 Å². The molecule has 7 nitrogen and oxygen atoms in total. The highest BCUT2D eigenvalue weighted by Crippen LogP contribution is 2.23. The van der Waals surface area contributed by atoms with E-state index in [1.807, 2.05) is 43.3 Å². The van der Waals surface area contributed by atoms with Gasteiger partial charge in [0.2, 0.25) is 5.91 Å². The Bertz CT molecular complexity index is 1010. The van der Waals surface area contributed by atoms with Crippen molar-refractivity contribution in [2.24, 2.45) is 5.92 Å². The van der Waals surface area contributed by atoms with Crippen LogP contribution >= 0.6 is 0 Å². The number of aryl methyl sites for hydroxylation is 1. The van der Waals surface area contributed by atoms with E-state index in [9.17, 15) is 9.59 Å². The van der Waals surface area contributed by atoms with Crippen LogP contribution in [-0.4, -0.2) is 45.0 Å². The number of anilines is 1. The zero-order valence-corrected chi connectivity index (χ0v) is 16.3. The Morgan fingerprint density at radius 3 is 2.55 bits per heavy atom. The van der Waals surface area contributed by atoms with Crippen LogP contribution in [0.2, 0.25) is 0 Å². The molecule has 2 aromatic heterocycles. The molecule has 3 heterocycles. The molecule has 1 saturated heterocycles. The molecule has 0 radical (unpaired) electrons. The third-order valence-corrected chi connectivity index (χ3v) is 5.34. The smallest absolute Gasteiger partial charge is 0.271 e. The van der Waals surface area contributed by atoms with Crippen molar-refractivity contribution in [3.63, 3.8) is 0 Å². The topological polar surface area (TPSA) is 91.0 Å². The summed E-state index contributed by atoms with van der Waals surface area (Å²) in [5, 5.41) is 10.1. The molecule has 1 fully saturated rings. The van der Waals surface area contributed by atoms with E-state index in [-0.39, 0.29) is 17.7 Å². The Balaban J connectivity index is 1.35. The number of piperidine rings is 1. The summed E-state index contributed by atoms with van der Waals surface area (Å²) >= 11 is 0. The molecule has 0 atom stereocenters. The number of rotatable bonds is 4. The number of aromatic nitrogens is 3. The van der Waals surface area contributed by atoms with Crippen LogP contribution in [-0.2, 0) is 4.79 Å². The van der Waals surface area contributed by atoms with Crippen LogP contribution in [0.15, 0.2) is 54.9 Å². The number of carbonyl (C=O) groups excluding carboxylic acids is 2. The maximum Gasteiger partial charge on any atom is 0.271 e. The van der Waals surface area contributed by atoms with Gasteiger partial charge in [-0.3, -0.25) is 19.7 Å². The fourth-order valence-electron chi connectivity index (χ4n) is 3.56. The first-order valence-corrected chi connectivity index (χ1v) is 9.73. The lowest BCUT2D eigenvalue weighted by Crippen LogP contribution is -2.41. The largest absolute Gasteiger partial charge is 0.337 e. The van der Waals surface area contributed by atoms with Gasteiger partial charge in [0.25, 0.3) is 5.91 Å². The van der Waals surface area contributed by atoms with E-state index in [0.29, 0.717) is 37.3 Å². The molecule has 2 amide bonds. The number of likely N-dealkylation sites (tertiary alicyclic amines) is 1. The van der Waals surface area contributed by atoms with E-state index in [2.05, 4.69) is 20.5 Å². The number of para-hydroxylation sites is 1. The van der Waals surface area contributed by atoms with E-state index < -0.39 is 0 Å². The van der Waals surface area contributed by atoms with E-state index in [0.717, 1.165) is 16.8 Å². The first-order valence-electron chi connectivity index (χ1n) is 9.73. The number of hydrogen-bond acceptors (Lipinski definition) is 4. The number of benzene rings is 1. The number of aromatic amines is 1. The van der Waals surface area contributed by atoms with Gasteiger partial charge in [-0.15, -0.1) is 0 Å². The van der Waals surface area contributed by atoms with E-state index >= 15 is 0 Å². The average Bonchev–Trinajstić information content (AvgIpc) is 3.26. The number of nitrogens with zero attached hydrogens (tertiary/aromatic N) is 3. The van der Waals surface area contributed by atoms with Crippen molar-refractivity contribution < 1.29 is 9.59 Å². The SMILES string of the molecule is Cc1ccccc1NC(=O)C1CCN(C(=O)c2cc(-c3ccncc3)n[nH]2)CC1. The number of pyridine rings is 1. The van der Waals surface area contributed by atoms with Crippen LogP contribution < -0.4 is 5.32 Å². The van der Waals surface area contributed by atoms with Crippen LogP contribution in [0.5, 0.6) is 0 Å². The molecule has 2 N–H and O–H groups in total. The van der Waals surface area contributed by atoms with Gasteiger partial charge in [-0.25, -0.2) is 0 Å². The molecule has 1 aliphatic rings. The number of nitrogens with one attached hydrogen (secondary N) is 2. The fourth-order valence-corrected chi connectivity index (χ4v) is 3.56. The average molecular weight is 389 g/mol. The zero-order chi connectivity index (χ0) is 20.2.